The van der Waals surface area contributed by atoms with Crippen molar-refractivity contribution in [3.63, 3.8) is 0 Å². The Labute approximate surface area is 147 Å². The maximum atomic E-state index is 11.8. The van der Waals surface area contributed by atoms with E-state index in [1.54, 1.807) is 51.5 Å². The van der Waals surface area contributed by atoms with E-state index >= 15 is 0 Å². The molecular weight excluding hydrogens is 367 g/mol. The maximum absolute atomic E-state index is 11.8. The van der Waals surface area contributed by atoms with Crippen molar-refractivity contribution in [2.75, 3.05) is 0 Å². The number of allylic oxidation sites excluding steroid dienone is 2. The van der Waals surface area contributed by atoms with Gasteiger partial charge in [-0.2, -0.15) is 16.8 Å². The van der Waals surface area contributed by atoms with E-state index in [4.69, 9.17) is 0 Å². The first-order valence-electron chi connectivity index (χ1n) is 7.50. The van der Waals surface area contributed by atoms with Crippen LogP contribution in [0.3, 0.4) is 0 Å². The molecule has 1 aromatic heterocycles. The van der Waals surface area contributed by atoms with Gasteiger partial charge in [0.15, 0.2) is 0 Å². The van der Waals surface area contributed by atoms with Crippen LogP contribution in [0.2, 0.25) is 0 Å². The van der Waals surface area contributed by atoms with E-state index in [0.29, 0.717) is 33.8 Å². The van der Waals surface area contributed by atoms with E-state index in [9.17, 15) is 25.9 Å². The summed E-state index contributed by atoms with van der Waals surface area (Å²) in [5.41, 5.74) is 3.00. The lowest BCUT2D eigenvalue weighted by Gasteiger charge is -2.33. The van der Waals surface area contributed by atoms with Crippen LogP contribution in [0.4, 0.5) is 0 Å². The maximum Gasteiger partial charge on any atom is 0.396 e. The molecule has 2 aliphatic heterocycles. The highest BCUT2D eigenvalue weighted by Crippen LogP contribution is 2.44. The van der Waals surface area contributed by atoms with E-state index < -0.39 is 26.3 Å². The van der Waals surface area contributed by atoms with Gasteiger partial charge in [-0.05, 0) is 51.3 Å². The number of hydrogen-bond acceptors (Lipinski definition) is 5. The van der Waals surface area contributed by atoms with Crippen molar-refractivity contribution in [1.82, 2.24) is 9.29 Å². The Hall–Kier alpha value is -1.56. The van der Waals surface area contributed by atoms with E-state index in [0.717, 1.165) is 0 Å². The van der Waals surface area contributed by atoms with E-state index in [1.807, 2.05) is 0 Å². The molecule has 1 atom stereocenters. The van der Waals surface area contributed by atoms with Gasteiger partial charge >= 0.3 is 7.55 Å². The number of aromatic nitrogens is 1. The van der Waals surface area contributed by atoms with Crippen LogP contribution < -0.4 is 0 Å². The van der Waals surface area contributed by atoms with Crippen molar-refractivity contribution in [3.8, 4) is 0 Å². The summed E-state index contributed by atoms with van der Waals surface area (Å²) in [6.07, 6.45) is 0. The minimum Gasteiger partial charge on any atom is -0.391 e. The van der Waals surface area contributed by atoms with Crippen LogP contribution in [0.1, 0.15) is 37.7 Å². The molecule has 0 aliphatic carbocycles. The van der Waals surface area contributed by atoms with Gasteiger partial charge in [-0.25, -0.2) is 0 Å². The zero-order chi connectivity index (χ0) is 19.1. The van der Waals surface area contributed by atoms with Crippen LogP contribution in [0.5, 0.6) is 0 Å². The first-order valence-corrected chi connectivity index (χ1v) is 10.4. The van der Waals surface area contributed by atoms with Crippen LogP contribution in [0, 0.1) is 13.8 Å². The Morgan fingerprint density at radius 2 is 1.52 bits per heavy atom. The van der Waals surface area contributed by atoms with Gasteiger partial charge in [0.2, 0.25) is 0 Å². The average molecular weight is 385 g/mol. The first kappa shape index (κ1) is 18.2. The molecular formula is C14H18BN2O6S2. The van der Waals surface area contributed by atoms with Crippen molar-refractivity contribution in [1.29, 1.82) is 0 Å². The Bertz CT molecular complexity index is 1080. The molecule has 8 nitrogen and oxygen atoms in total. The molecule has 0 fully saturated rings. The first-order chi connectivity index (χ1) is 11.3. The Morgan fingerprint density at radius 3 is 2.00 bits per heavy atom. The van der Waals surface area contributed by atoms with Gasteiger partial charge < -0.3 is 9.29 Å². The molecule has 135 valence electrons. The third-order valence-corrected chi connectivity index (χ3v) is 7.21. The fraction of sp³-hybridized carbons (Fsp3) is 0.429. The normalized spacial score (nSPS) is 20.8. The minimum absolute atomic E-state index is 0.0748. The highest BCUT2D eigenvalue weighted by molar-refractivity contribution is 7.90. The highest BCUT2D eigenvalue weighted by atomic mass is 32.2. The fourth-order valence-corrected chi connectivity index (χ4v) is 6.03. The van der Waals surface area contributed by atoms with Crippen LogP contribution in [0.15, 0.2) is 21.1 Å². The summed E-state index contributed by atoms with van der Waals surface area (Å²) in [5.74, 6) is 0. The fourth-order valence-electron chi connectivity index (χ4n) is 4.04. The van der Waals surface area contributed by atoms with Gasteiger partial charge in [0.05, 0.1) is 10.9 Å². The minimum atomic E-state index is -4.40. The third-order valence-electron chi connectivity index (χ3n) is 4.89. The summed E-state index contributed by atoms with van der Waals surface area (Å²) >= 11 is 0. The predicted molar refractivity (Wildman–Crippen MR) is 93.0 cm³/mol. The quantitative estimate of drug-likeness (QED) is 0.583. The van der Waals surface area contributed by atoms with Crippen LogP contribution in [0.25, 0.3) is 5.57 Å². The van der Waals surface area contributed by atoms with Gasteiger partial charge in [-0.15, -0.1) is 0 Å². The van der Waals surface area contributed by atoms with Crippen molar-refractivity contribution in [2.45, 2.75) is 45.6 Å². The molecule has 0 spiro atoms. The van der Waals surface area contributed by atoms with E-state index in [2.05, 4.69) is 0 Å². The summed E-state index contributed by atoms with van der Waals surface area (Å²) in [6, 6.07) is -0.635. The van der Waals surface area contributed by atoms with Gasteiger partial charge in [0, 0.05) is 17.1 Å². The monoisotopic (exact) mass is 385 g/mol. The summed E-state index contributed by atoms with van der Waals surface area (Å²) in [4.78, 5) is 1.46. The molecule has 1 aromatic rings. The zero-order valence-corrected chi connectivity index (χ0v) is 16.0. The molecule has 2 N–H and O–H groups in total. The number of hydrogen-bond donors (Lipinski definition) is 2. The average Bonchev–Trinajstić information content (AvgIpc) is 2.82. The van der Waals surface area contributed by atoms with Crippen molar-refractivity contribution in [2.24, 2.45) is 0 Å². The molecule has 3 rings (SSSR count). The molecule has 0 saturated carbocycles. The molecule has 0 aromatic carbocycles. The molecule has 3 heterocycles. The Balaban J connectivity index is 2.36. The van der Waals surface area contributed by atoms with Crippen LogP contribution >= 0.6 is 0 Å². The lowest BCUT2D eigenvalue weighted by Crippen LogP contribution is -2.41. The van der Waals surface area contributed by atoms with Gasteiger partial charge in [0.1, 0.15) is 4.90 Å². The Morgan fingerprint density at radius 1 is 0.960 bits per heavy atom. The van der Waals surface area contributed by atoms with Crippen LogP contribution in [-0.2, 0) is 20.2 Å². The number of nitrogens with zero attached hydrogens (tertiary/aromatic N) is 2. The van der Waals surface area contributed by atoms with Crippen LogP contribution in [-0.4, -0.2) is 48.8 Å². The van der Waals surface area contributed by atoms with Crippen molar-refractivity contribution < 1.29 is 25.9 Å². The summed E-state index contributed by atoms with van der Waals surface area (Å²) in [6.45, 7) is 8.17. The largest absolute Gasteiger partial charge is 0.396 e. The molecule has 1 unspecified atom stereocenters. The van der Waals surface area contributed by atoms with Crippen molar-refractivity contribution >= 4 is 33.4 Å². The predicted octanol–water partition coefficient (Wildman–Crippen LogP) is 1.34. The second-order valence-corrected chi connectivity index (χ2v) is 9.12. The van der Waals surface area contributed by atoms with E-state index in [-0.39, 0.29) is 9.80 Å². The molecule has 0 amide bonds. The molecule has 0 saturated heterocycles. The molecule has 25 heavy (non-hydrogen) atoms. The smallest absolute Gasteiger partial charge is 0.391 e. The molecule has 11 heteroatoms. The van der Waals surface area contributed by atoms with E-state index in [1.165, 1.54) is 0 Å². The van der Waals surface area contributed by atoms with Crippen molar-refractivity contribution in [3.05, 3.63) is 33.1 Å². The standard InChI is InChI=1S/C14H18BN2O6S2/c1-6-11-7(2)13(24(18,19)20)9(4)16(11)15-17-10(5)14(25(21,22)23)8(3)12(6)17/h9H,1-5H3,(H,18,19,20)(H,21,22,23). The highest BCUT2D eigenvalue weighted by Gasteiger charge is 2.43. The Kier molecular flexibility index (Phi) is 3.81. The zero-order valence-electron chi connectivity index (χ0n) is 14.4. The lowest BCUT2D eigenvalue weighted by molar-refractivity contribution is 0.467. The second kappa shape index (κ2) is 5.23. The molecule has 1 radical (unpaired) electrons. The second-order valence-electron chi connectivity index (χ2n) is 6.37. The van der Waals surface area contributed by atoms with Gasteiger partial charge in [-0.1, -0.05) is 0 Å². The number of rotatable bonds is 2. The summed E-state index contributed by atoms with van der Waals surface area (Å²) in [5, 5.41) is 0. The van der Waals surface area contributed by atoms with Gasteiger partial charge in [0.25, 0.3) is 20.2 Å². The molecule has 2 aliphatic rings. The van der Waals surface area contributed by atoms with Gasteiger partial charge in [-0.3, -0.25) is 9.11 Å². The third kappa shape index (κ3) is 2.41. The molecule has 0 bridgehead atoms. The summed E-state index contributed by atoms with van der Waals surface area (Å²) < 4.78 is 67.7. The SMILES string of the molecule is CC1=C(S(=O)(=O)O)C(C)N2[B]n3c(C)c(S(=O)(=O)O)c(C)c3C(C)=C12. The summed E-state index contributed by atoms with van der Waals surface area (Å²) in [7, 11) is -7.16. The number of fused-ring (bicyclic) bond motifs is 2. The lowest BCUT2D eigenvalue weighted by atomic mass is 9.93. The topological polar surface area (TPSA) is 117 Å².